The lowest BCUT2D eigenvalue weighted by atomic mass is 10.1. The monoisotopic (exact) mass is 395 g/mol. The third kappa shape index (κ3) is 3.23. The van der Waals surface area contributed by atoms with Crippen molar-refractivity contribution in [2.24, 2.45) is 0 Å². The van der Waals surface area contributed by atoms with Crippen LogP contribution in [0.5, 0.6) is 0 Å². The van der Waals surface area contributed by atoms with Crippen LogP contribution in [0.15, 0.2) is 53.2 Å². The second kappa shape index (κ2) is 7.20. The predicted molar refractivity (Wildman–Crippen MR) is 102 cm³/mol. The van der Waals surface area contributed by atoms with Gasteiger partial charge >= 0.3 is 6.05 Å². The number of fused-ring (bicyclic) bond motifs is 1. The molecule has 0 aliphatic heterocycles. The Morgan fingerprint density at radius 2 is 1.90 bits per heavy atom. The van der Waals surface area contributed by atoms with Crippen LogP contribution in [-0.2, 0) is 6.05 Å². The van der Waals surface area contributed by atoms with Crippen molar-refractivity contribution in [3.63, 3.8) is 0 Å². The van der Waals surface area contributed by atoms with Gasteiger partial charge in [-0.3, -0.25) is 4.57 Å². The van der Waals surface area contributed by atoms with E-state index in [0.29, 0.717) is 11.2 Å². The summed E-state index contributed by atoms with van der Waals surface area (Å²) in [5.74, 6) is 0.0126. The van der Waals surface area contributed by atoms with Crippen LogP contribution < -0.4 is 11.1 Å². The van der Waals surface area contributed by atoms with Crippen LogP contribution >= 0.6 is 0 Å². The van der Waals surface area contributed by atoms with E-state index in [4.69, 9.17) is 15.6 Å². The number of nitrogens with one attached hydrogen (secondary N) is 1. The molecule has 2 heterocycles. The van der Waals surface area contributed by atoms with E-state index in [-0.39, 0.29) is 41.4 Å². The zero-order chi connectivity index (χ0) is 20.4. The molecule has 10 heteroatoms. The molecule has 0 radical (unpaired) electrons. The van der Waals surface area contributed by atoms with Crippen LogP contribution in [0.4, 0.5) is 20.3 Å². The number of para-hydroxylation sites is 2. The summed E-state index contributed by atoms with van der Waals surface area (Å²) in [4.78, 5) is 4.34. The topological polar surface area (TPSA) is 119 Å². The van der Waals surface area contributed by atoms with E-state index < -0.39 is 6.05 Å². The highest BCUT2D eigenvalue weighted by atomic mass is 19.3. The highest BCUT2D eigenvalue weighted by molar-refractivity contribution is 5.82. The molecule has 146 valence electrons. The van der Waals surface area contributed by atoms with Crippen molar-refractivity contribution in [3.8, 4) is 17.6 Å². The molecular formula is C19H15F2N7O. The number of nitriles is 1. The maximum Gasteiger partial charge on any atom is 0.358 e. The summed E-state index contributed by atoms with van der Waals surface area (Å²) in [6.45, 7) is 0.256. The largest absolute Gasteiger partial charge is 0.399 e. The summed E-state index contributed by atoms with van der Waals surface area (Å²) in [6, 6.07) is 10.4. The van der Waals surface area contributed by atoms with E-state index in [2.05, 4.69) is 20.6 Å². The van der Waals surface area contributed by atoms with Gasteiger partial charge in [0.2, 0.25) is 5.82 Å². The number of hydrogen-bond acceptors (Lipinski definition) is 7. The number of anilines is 2. The summed E-state index contributed by atoms with van der Waals surface area (Å²) in [6.07, 6.45) is 0.199. The van der Waals surface area contributed by atoms with E-state index in [1.165, 1.54) is 24.3 Å². The first-order valence-corrected chi connectivity index (χ1v) is 8.68. The molecule has 0 aliphatic rings. The Labute approximate surface area is 163 Å². The Hall–Kier alpha value is -4.00. The van der Waals surface area contributed by atoms with Gasteiger partial charge in [-0.15, -0.1) is 0 Å². The molecule has 0 atom stereocenters. The normalized spacial score (nSPS) is 11.5. The fourth-order valence-corrected chi connectivity index (χ4v) is 2.97. The Morgan fingerprint density at radius 3 is 2.66 bits per heavy atom. The molecule has 4 rings (SSSR count). The number of hydrogen-bond donors (Lipinski definition) is 2. The third-order valence-electron chi connectivity index (χ3n) is 4.33. The van der Waals surface area contributed by atoms with Crippen LogP contribution in [0.25, 0.3) is 22.6 Å². The third-order valence-corrected chi connectivity index (χ3v) is 4.33. The van der Waals surface area contributed by atoms with Gasteiger partial charge in [0.25, 0.3) is 0 Å². The fourth-order valence-electron chi connectivity index (χ4n) is 2.97. The second-order valence-electron chi connectivity index (χ2n) is 6.22. The van der Waals surface area contributed by atoms with Crippen molar-refractivity contribution in [1.29, 1.82) is 5.26 Å². The number of halogens is 2. The first-order valence-electron chi connectivity index (χ1n) is 8.68. The highest BCUT2D eigenvalue weighted by Crippen LogP contribution is 2.39. The summed E-state index contributed by atoms with van der Waals surface area (Å²) < 4.78 is 36.8. The molecule has 8 nitrogen and oxygen atoms in total. The summed E-state index contributed by atoms with van der Waals surface area (Å²) in [5, 5.41) is 19.1. The van der Waals surface area contributed by atoms with Gasteiger partial charge in [0.1, 0.15) is 0 Å². The predicted octanol–water partition coefficient (Wildman–Crippen LogP) is 3.59. The Bertz CT molecular complexity index is 1190. The van der Waals surface area contributed by atoms with E-state index in [1.54, 1.807) is 24.3 Å². The molecule has 0 bridgehead atoms. The highest BCUT2D eigenvalue weighted by Gasteiger charge is 2.39. The molecule has 0 amide bonds. The molecule has 0 fully saturated rings. The van der Waals surface area contributed by atoms with E-state index in [9.17, 15) is 0 Å². The summed E-state index contributed by atoms with van der Waals surface area (Å²) in [5.41, 5.74) is 6.36. The lowest BCUT2D eigenvalue weighted by Gasteiger charge is -2.21. The summed E-state index contributed by atoms with van der Waals surface area (Å²) >= 11 is 0. The minimum atomic E-state index is -3.46. The number of nitrogens with two attached hydrogens (primary N) is 1. The number of nitrogen functional groups attached to an aromatic ring is 1. The van der Waals surface area contributed by atoms with Gasteiger partial charge in [0.15, 0.2) is 11.5 Å². The Balaban J connectivity index is 1.90. The van der Waals surface area contributed by atoms with E-state index >= 15 is 8.78 Å². The van der Waals surface area contributed by atoms with Crippen molar-refractivity contribution in [2.75, 3.05) is 17.6 Å². The molecule has 0 spiro atoms. The van der Waals surface area contributed by atoms with Crippen molar-refractivity contribution in [1.82, 2.24) is 19.9 Å². The average molecular weight is 395 g/mol. The first kappa shape index (κ1) is 18.4. The molecule has 0 saturated heterocycles. The molecule has 3 N–H and O–H groups in total. The SMILES string of the molecule is N#CCCNc1nonc1-c1nc2ccccc2n1C(F)(F)c1ccc(N)cc1. The second-order valence-corrected chi connectivity index (χ2v) is 6.22. The maximum absolute atomic E-state index is 15.6. The Kier molecular flexibility index (Phi) is 4.56. The molecule has 4 aromatic rings. The van der Waals surface area contributed by atoms with Crippen LogP contribution in [-0.4, -0.2) is 26.4 Å². The first-order chi connectivity index (χ1) is 14.0. The van der Waals surface area contributed by atoms with Crippen LogP contribution in [0.3, 0.4) is 0 Å². The molecule has 29 heavy (non-hydrogen) atoms. The zero-order valence-electron chi connectivity index (χ0n) is 15.0. The van der Waals surface area contributed by atoms with E-state index in [1.807, 2.05) is 6.07 Å². The number of nitrogens with zero attached hydrogens (tertiary/aromatic N) is 5. The zero-order valence-corrected chi connectivity index (χ0v) is 15.0. The smallest absolute Gasteiger partial charge is 0.358 e. The van der Waals surface area contributed by atoms with Crippen LogP contribution in [0.1, 0.15) is 12.0 Å². The van der Waals surface area contributed by atoms with Gasteiger partial charge < -0.3 is 11.1 Å². The average Bonchev–Trinajstić information content (AvgIpc) is 3.32. The van der Waals surface area contributed by atoms with Gasteiger partial charge in [-0.05, 0) is 46.7 Å². The van der Waals surface area contributed by atoms with E-state index in [0.717, 1.165) is 4.57 Å². The number of alkyl halides is 2. The number of rotatable bonds is 6. The van der Waals surface area contributed by atoms with Gasteiger partial charge in [-0.1, -0.05) is 12.1 Å². The lowest BCUT2D eigenvalue weighted by molar-refractivity contribution is -0.0309. The molecule has 2 aromatic carbocycles. The van der Waals surface area contributed by atoms with Crippen molar-refractivity contribution in [3.05, 3.63) is 54.1 Å². The summed E-state index contributed by atoms with van der Waals surface area (Å²) in [7, 11) is 0. The number of aromatic nitrogens is 4. The molecular weight excluding hydrogens is 380 g/mol. The van der Waals surface area contributed by atoms with Gasteiger partial charge in [0, 0.05) is 17.8 Å². The standard InChI is InChI=1S/C19H15F2N7O/c20-19(21,12-6-8-13(23)9-7-12)28-15-5-2-1-4-14(15)25-18(28)16-17(27-29-26-16)24-11-3-10-22/h1-2,4-9H,3,11,23H2,(H,24,27). The minimum absolute atomic E-state index is 0.0225. The van der Waals surface area contributed by atoms with Gasteiger partial charge in [-0.25, -0.2) is 9.61 Å². The van der Waals surface area contributed by atoms with Crippen molar-refractivity contribution in [2.45, 2.75) is 12.5 Å². The molecule has 0 saturated carbocycles. The van der Waals surface area contributed by atoms with Gasteiger partial charge in [0.05, 0.1) is 23.5 Å². The molecule has 2 aromatic heterocycles. The number of benzene rings is 2. The fraction of sp³-hybridized carbons (Fsp3) is 0.158. The number of imidazole rings is 1. The quantitative estimate of drug-likeness (QED) is 0.378. The van der Waals surface area contributed by atoms with Gasteiger partial charge in [-0.2, -0.15) is 14.0 Å². The Morgan fingerprint density at radius 1 is 1.14 bits per heavy atom. The molecule has 0 aliphatic carbocycles. The minimum Gasteiger partial charge on any atom is -0.399 e. The van der Waals surface area contributed by atoms with Crippen LogP contribution in [0, 0.1) is 11.3 Å². The van der Waals surface area contributed by atoms with Crippen molar-refractivity contribution < 1.29 is 13.4 Å². The maximum atomic E-state index is 15.6. The van der Waals surface area contributed by atoms with Crippen molar-refractivity contribution >= 4 is 22.5 Å². The lowest BCUT2D eigenvalue weighted by Crippen LogP contribution is -2.25. The van der Waals surface area contributed by atoms with Crippen LogP contribution in [0.2, 0.25) is 0 Å². The molecule has 0 unspecified atom stereocenters.